The van der Waals surface area contributed by atoms with Gasteiger partial charge in [-0.25, -0.2) is 0 Å². The van der Waals surface area contributed by atoms with Crippen LogP contribution in [-0.2, 0) is 4.74 Å². The molecule has 0 aromatic heterocycles. The number of aliphatic imine (C=N–C) groups is 1. The predicted molar refractivity (Wildman–Crippen MR) is 89.7 cm³/mol. The van der Waals surface area contributed by atoms with E-state index in [4.69, 9.17) is 10.5 Å². The maximum absolute atomic E-state index is 12.4. The molecule has 0 saturated carbocycles. The number of guanidine groups is 1. The number of hydrogen-bond donors (Lipinski definition) is 2. The van der Waals surface area contributed by atoms with E-state index in [0.29, 0.717) is 13.2 Å². The van der Waals surface area contributed by atoms with Gasteiger partial charge in [0.25, 0.3) is 0 Å². The number of nitrogens with two attached hydrogens (primary N) is 1. The highest BCUT2D eigenvalue weighted by atomic mass is 19.4. The Kier molecular flexibility index (Phi) is 6.89. The minimum atomic E-state index is -4.77. The second-order valence-corrected chi connectivity index (χ2v) is 5.72. The number of alkyl halides is 3. The Balaban J connectivity index is 1.95. The number of hydrogen-bond acceptors (Lipinski definition) is 4. The maximum atomic E-state index is 12.4. The fourth-order valence-corrected chi connectivity index (χ4v) is 2.77. The molecule has 0 spiro atoms. The Morgan fingerprint density at radius 1 is 1.40 bits per heavy atom. The highest BCUT2D eigenvalue weighted by molar-refractivity contribution is 5.93. The molecule has 1 fully saturated rings. The molecule has 1 aromatic carbocycles. The van der Waals surface area contributed by atoms with Crippen LogP contribution in [0.1, 0.15) is 12.8 Å². The zero-order chi connectivity index (χ0) is 18.3. The topological polar surface area (TPSA) is 72.1 Å². The number of ether oxygens (including phenoxy) is 2. The second kappa shape index (κ2) is 8.91. The van der Waals surface area contributed by atoms with Gasteiger partial charge in [-0.1, -0.05) is 12.1 Å². The molecule has 0 radical (unpaired) electrons. The van der Waals surface area contributed by atoms with E-state index in [2.05, 4.69) is 19.9 Å². The summed E-state index contributed by atoms with van der Waals surface area (Å²) in [7, 11) is 1.66. The number of halogens is 3. The first-order chi connectivity index (χ1) is 11.9. The lowest BCUT2D eigenvalue weighted by atomic mass is 10.2. The lowest BCUT2D eigenvalue weighted by molar-refractivity contribution is -0.274. The van der Waals surface area contributed by atoms with Crippen molar-refractivity contribution in [3.05, 3.63) is 24.3 Å². The summed E-state index contributed by atoms with van der Waals surface area (Å²) in [6.07, 6.45) is -2.68. The second-order valence-electron chi connectivity index (χ2n) is 5.72. The smallest absolute Gasteiger partial charge is 0.404 e. The molecule has 2 rings (SSSR count). The molecular formula is C16H23F3N4O2. The molecule has 0 aliphatic carbocycles. The molecule has 1 heterocycles. The molecule has 3 N–H and O–H groups in total. The molecule has 1 aromatic rings. The predicted octanol–water partition coefficient (Wildman–Crippen LogP) is 2.42. The highest BCUT2D eigenvalue weighted by Crippen LogP contribution is 2.29. The first-order valence-corrected chi connectivity index (χ1v) is 8.04. The molecule has 6 nitrogen and oxygen atoms in total. The lowest BCUT2D eigenvalue weighted by Crippen LogP contribution is -2.35. The number of nitrogens with one attached hydrogen (secondary N) is 1. The molecule has 1 saturated heterocycles. The van der Waals surface area contributed by atoms with Crippen molar-refractivity contribution in [2.45, 2.75) is 25.2 Å². The third kappa shape index (κ3) is 6.43. The number of anilines is 1. The average molecular weight is 360 g/mol. The molecule has 0 amide bonds. The zero-order valence-corrected chi connectivity index (χ0v) is 14.1. The van der Waals surface area contributed by atoms with Crippen LogP contribution in [-0.4, -0.2) is 56.6 Å². The summed E-state index contributed by atoms with van der Waals surface area (Å²) in [5.41, 5.74) is 5.94. The number of para-hydroxylation sites is 2. The summed E-state index contributed by atoms with van der Waals surface area (Å²) in [5.74, 6) is -0.299. The van der Waals surface area contributed by atoms with Crippen LogP contribution in [0.15, 0.2) is 29.3 Å². The van der Waals surface area contributed by atoms with Crippen LogP contribution < -0.4 is 15.8 Å². The molecule has 25 heavy (non-hydrogen) atoms. The fraction of sp³-hybridized carbons (Fsp3) is 0.562. The van der Waals surface area contributed by atoms with Crippen LogP contribution in [0, 0.1) is 0 Å². The van der Waals surface area contributed by atoms with Crippen molar-refractivity contribution in [1.29, 1.82) is 0 Å². The van der Waals surface area contributed by atoms with Crippen molar-refractivity contribution in [2.24, 2.45) is 10.7 Å². The third-order valence-electron chi connectivity index (χ3n) is 3.93. The summed E-state index contributed by atoms with van der Waals surface area (Å²) in [6, 6.07) is 5.96. The van der Waals surface area contributed by atoms with E-state index < -0.39 is 6.36 Å². The summed E-state index contributed by atoms with van der Waals surface area (Å²) in [4.78, 5) is 6.54. The van der Waals surface area contributed by atoms with Gasteiger partial charge in [-0.2, -0.15) is 0 Å². The van der Waals surface area contributed by atoms with Crippen molar-refractivity contribution >= 4 is 11.6 Å². The van der Waals surface area contributed by atoms with Crippen molar-refractivity contribution in [1.82, 2.24) is 4.90 Å². The Labute approximate surface area is 144 Å². The van der Waals surface area contributed by atoms with Crippen LogP contribution in [0.5, 0.6) is 5.75 Å². The van der Waals surface area contributed by atoms with E-state index in [1.165, 1.54) is 18.2 Å². The van der Waals surface area contributed by atoms with Gasteiger partial charge in [0.1, 0.15) is 0 Å². The zero-order valence-electron chi connectivity index (χ0n) is 14.1. The number of nitrogens with zero attached hydrogens (tertiary/aromatic N) is 2. The summed E-state index contributed by atoms with van der Waals surface area (Å²) in [6.45, 7) is 2.94. The van der Waals surface area contributed by atoms with E-state index >= 15 is 0 Å². The number of rotatable bonds is 7. The molecule has 1 unspecified atom stereocenters. The fourth-order valence-electron chi connectivity index (χ4n) is 2.77. The number of benzene rings is 1. The van der Waals surface area contributed by atoms with E-state index in [0.717, 1.165) is 25.9 Å². The van der Waals surface area contributed by atoms with Gasteiger partial charge in [-0.15, -0.1) is 13.2 Å². The van der Waals surface area contributed by atoms with Gasteiger partial charge in [-0.05, 0) is 31.5 Å². The summed E-state index contributed by atoms with van der Waals surface area (Å²) >= 11 is 0. The van der Waals surface area contributed by atoms with Crippen molar-refractivity contribution < 1.29 is 22.6 Å². The van der Waals surface area contributed by atoms with E-state index in [-0.39, 0.29) is 23.4 Å². The SMILES string of the molecule is COCCN1CCCC1CN=C(N)Nc1ccccc1OC(F)(F)F. The number of methoxy groups -OCH3 is 1. The van der Waals surface area contributed by atoms with Gasteiger partial charge in [0.05, 0.1) is 18.8 Å². The Morgan fingerprint density at radius 2 is 2.16 bits per heavy atom. The van der Waals surface area contributed by atoms with Crippen LogP contribution in [0.2, 0.25) is 0 Å². The Bertz CT molecular complexity index is 581. The van der Waals surface area contributed by atoms with E-state index in [1.807, 2.05) is 0 Å². The third-order valence-corrected chi connectivity index (χ3v) is 3.93. The van der Waals surface area contributed by atoms with Gasteiger partial charge in [-0.3, -0.25) is 9.89 Å². The molecular weight excluding hydrogens is 337 g/mol. The molecule has 140 valence electrons. The monoisotopic (exact) mass is 360 g/mol. The minimum absolute atomic E-state index is 0.0526. The van der Waals surface area contributed by atoms with Gasteiger partial charge in [0, 0.05) is 19.7 Å². The van der Waals surface area contributed by atoms with Crippen LogP contribution in [0.25, 0.3) is 0 Å². The van der Waals surface area contributed by atoms with Crippen molar-refractivity contribution in [3.63, 3.8) is 0 Å². The first kappa shape index (κ1) is 19.3. The van der Waals surface area contributed by atoms with Crippen LogP contribution >= 0.6 is 0 Å². The Morgan fingerprint density at radius 3 is 2.88 bits per heavy atom. The quantitative estimate of drug-likeness (QED) is 0.577. The molecule has 9 heteroatoms. The van der Waals surface area contributed by atoms with Crippen LogP contribution in [0.4, 0.5) is 18.9 Å². The van der Waals surface area contributed by atoms with Crippen LogP contribution in [0.3, 0.4) is 0 Å². The van der Waals surface area contributed by atoms with Gasteiger partial charge < -0.3 is 20.5 Å². The minimum Gasteiger partial charge on any atom is -0.404 e. The maximum Gasteiger partial charge on any atom is 0.573 e. The summed E-state index contributed by atoms with van der Waals surface area (Å²) in [5, 5.41) is 2.67. The van der Waals surface area contributed by atoms with Gasteiger partial charge in [0.15, 0.2) is 11.7 Å². The normalized spacial score (nSPS) is 19.2. The molecule has 1 aliphatic heterocycles. The van der Waals surface area contributed by atoms with E-state index in [1.54, 1.807) is 13.2 Å². The van der Waals surface area contributed by atoms with Crippen molar-refractivity contribution in [3.8, 4) is 5.75 Å². The molecule has 1 aliphatic rings. The van der Waals surface area contributed by atoms with Gasteiger partial charge >= 0.3 is 6.36 Å². The Hall–Kier alpha value is -2.00. The van der Waals surface area contributed by atoms with Crippen molar-refractivity contribution in [2.75, 3.05) is 38.7 Å². The first-order valence-electron chi connectivity index (χ1n) is 8.04. The number of likely N-dealkylation sites (tertiary alicyclic amines) is 1. The highest BCUT2D eigenvalue weighted by Gasteiger charge is 2.32. The standard InChI is InChI=1S/C16H23F3N4O2/c1-24-10-9-23-8-4-5-12(23)11-21-15(20)22-13-6-2-3-7-14(13)25-16(17,18)19/h2-3,6-7,12H,4-5,8-11H2,1H3,(H3,20,21,22). The van der Waals surface area contributed by atoms with Gasteiger partial charge in [0.2, 0.25) is 0 Å². The molecule has 0 bridgehead atoms. The lowest BCUT2D eigenvalue weighted by Gasteiger charge is -2.22. The summed E-state index contributed by atoms with van der Waals surface area (Å²) < 4.78 is 46.4. The molecule has 1 atom stereocenters. The largest absolute Gasteiger partial charge is 0.573 e. The van der Waals surface area contributed by atoms with E-state index in [9.17, 15) is 13.2 Å². The average Bonchev–Trinajstić information content (AvgIpc) is 2.99.